The van der Waals surface area contributed by atoms with E-state index in [1.165, 1.54) is 19.3 Å². The van der Waals surface area contributed by atoms with E-state index in [2.05, 4.69) is 17.4 Å². The van der Waals surface area contributed by atoms with E-state index in [1.54, 1.807) is 0 Å². The molecule has 3 heteroatoms. The Bertz CT molecular complexity index is 459. The highest BCUT2D eigenvalue weighted by Gasteiger charge is 2.39. The van der Waals surface area contributed by atoms with Crippen molar-refractivity contribution in [1.29, 1.82) is 0 Å². The molecule has 0 atom stereocenters. The van der Waals surface area contributed by atoms with Crippen LogP contribution in [0.1, 0.15) is 50.5 Å². The summed E-state index contributed by atoms with van der Waals surface area (Å²) in [6.07, 6.45) is 7.34. The Balaban J connectivity index is 1.77. The average molecular weight is 287 g/mol. The number of carbonyl (C=O) groups is 1. The Morgan fingerprint density at radius 2 is 1.71 bits per heavy atom. The van der Waals surface area contributed by atoms with Gasteiger partial charge in [-0.2, -0.15) is 0 Å². The lowest BCUT2D eigenvalue weighted by molar-refractivity contribution is -0.170. The van der Waals surface area contributed by atoms with Crippen LogP contribution in [0.2, 0.25) is 0 Å². The van der Waals surface area contributed by atoms with Gasteiger partial charge in [0.1, 0.15) is 5.60 Å². The summed E-state index contributed by atoms with van der Waals surface area (Å²) in [7, 11) is 0. The number of benzene rings is 1. The number of piperidine rings is 1. The van der Waals surface area contributed by atoms with Crippen molar-refractivity contribution in [2.45, 2.75) is 50.5 Å². The number of esters is 1. The van der Waals surface area contributed by atoms with Crippen LogP contribution in [0, 0.1) is 5.92 Å². The van der Waals surface area contributed by atoms with Crippen LogP contribution in [-0.2, 0) is 15.1 Å². The van der Waals surface area contributed by atoms with Gasteiger partial charge in [0.25, 0.3) is 0 Å². The molecule has 3 rings (SSSR count). The quantitative estimate of drug-likeness (QED) is 0.866. The number of hydrogen-bond acceptors (Lipinski definition) is 3. The molecule has 2 fully saturated rings. The van der Waals surface area contributed by atoms with Crippen molar-refractivity contribution in [3.05, 3.63) is 35.9 Å². The molecule has 1 aliphatic carbocycles. The fraction of sp³-hybridized carbons (Fsp3) is 0.611. The van der Waals surface area contributed by atoms with E-state index in [1.807, 2.05) is 18.2 Å². The van der Waals surface area contributed by atoms with Crippen LogP contribution in [0.15, 0.2) is 30.3 Å². The average Bonchev–Trinajstić information content (AvgIpc) is 2.57. The second kappa shape index (κ2) is 6.61. The minimum atomic E-state index is -0.416. The molecule has 1 N–H and O–H groups in total. The molecule has 0 unspecified atom stereocenters. The van der Waals surface area contributed by atoms with Crippen molar-refractivity contribution in [1.82, 2.24) is 5.32 Å². The fourth-order valence-corrected chi connectivity index (χ4v) is 3.64. The molecule has 114 valence electrons. The number of nitrogens with one attached hydrogen (secondary N) is 1. The third-order valence-electron chi connectivity index (χ3n) is 4.95. The number of hydrogen-bond donors (Lipinski definition) is 1. The van der Waals surface area contributed by atoms with E-state index in [0.29, 0.717) is 0 Å². The highest BCUT2D eigenvalue weighted by molar-refractivity contribution is 5.73. The van der Waals surface area contributed by atoms with E-state index in [0.717, 1.165) is 44.3 Å². The van der Waals surface area contributed by atoms with E-state index in [-0.39, 0.29) is 11.9 Å². The first-order chi connectivity index (χ1) is 10.3. The van der Waals surface area contributed by atoms with Crippen LogP contribution < -0.4 is 5.32 Å². The summed E-state index contributed by atoms with van der Waals surface area (Å²) in [5.41, 5.74) is 0.733. The summed E-state index contributed by atoms with van der Waals surface area (Å²) < 4.78 is 6.13. The van der Waals surface area contributed by atoms with Crippen molar-refractivity contribution >= 4 is 5.97 Å². The van der Waals surface area contributed by atoms with Gasteiger partial charge >= 0.3 is 5.97 Å². The Morgan fingerprint density at radius 3 is 2.38 bits per heavy atom. The molecular formula is C18H25NO2. The highest BCUT2D eigenvalue weighted by Crippen LogP contribution is 2.37. The van der Waals surface area contributed by atoms with Crippen molar-refractivity contribution in [2.75, 3.05) is 13.1 Å². The molecule has 0 bridgehead atoms. The Morgan fingerprint density at radius 1 is 1.05 bits per heavy atom. The maximum absolute atomic E-state index is 12.6. The van der Waals surface area contributed by atoms with Gasteiger partial charge in [-0.3, -0.25) is 4.79 Å². The highest BCUT2D eigenvalue weighted by atomic mass is 16.6. The predicted octanol–water partition coefficient (Wildman–Crippen LogP) is 3.39. The van der Waals surface area contributed by atoms with Crippen LogP contribution in [0.25, 0.3) is 0 Å². The molecule has 1 aliphatic heterocycles. The van der Waals surface area contributed by atoms with E-state index in [9.17, 15) is 4.79 Å². The van der Waals surface area contributed by atoms with E-state index < -0.39 is 5.60 Å². The maximum atomic E-state index is 12.6. The van der Waals surface area contributed by atoms with Crippen molar-refractivity contribution < 1.29 is 9.53 Å². The standard InChI is InChI=1S/C18H25NO2/c20-17(15-7-3-1-4-8-15)21-18(11-13-19-14-12-18)16-9-5-2-6-10-16/h2,5-6,9-10,15,19H,1,3-4,7-8,11-14H2. The first kappa shape index (κ1) is 14.6. The van der Waals surface area contributed by atoms with Gasteiger partial charge in [0.2, 0.25) is 0 Å². The molecule has 3 nitrogen and oxygen atoms in total. The Kier molecular flexibility index (Phi) is 4.59. The first-order valence-corrected chi connectivity index (χ1v) is 8.29. The lowest BCUT2D eigenvalue weighted by Crippen LogP contribution is -2.44. The molecule has 1 saturated heterocycles. The van der Waals surface area contributed by atoms with Crippen LogP contribution in [-0.4, -0.2) is 19.1 Å². The van der Waals surface area contributed by atoms with Gasteiger partial charge in [-0.25, -0.2) is 0 Å². The lowest BCUT2D eigenvalue weighted by Gasteiger charge is -2.39. The number of carbonyl (C=O) groups excluding carboxylic acids is 1. The Hall–Kier alpha value is -1.35. The van der Waals surface area contributed by atoms with Crippen LogP contribution in [0.3, 0.4) is 0 Å². The smallest absolute Gasteiger partial charge is 0.309 e. The molecule has 0 aromatic heterocycles. The van der Waals surface area contributed by atoms with Gasteiger partial charge in [0, 0.05) is 12.8 Å². The van der Waals surface area contributed by atoms with Crippen molar-refractivity contribution in [3.8, 4) is 0 Å². The maximum Gasteiger partial charge on any atom is 0.309 e. The minimum absolute atomic E-state index is 0.0282. The lowest BCUT2D eigenvalue weighted by atomic mass is 9.84. The molecule has 2 aliphatic rings. The summed E-state index contributed by atoms with van der Waals surface area (Å²) in [5.74, 6) is 0.148. The summed E-state index contributed by atoms with van der Waals surface area (Å²) in [6.45, 7) is 1.82. The monoisotopic (exact) mass is 287 g/mol. The third kappa shape index (κ3) is 3.29. The zero-order valence-electron chi connectivity index (χ0n) is 12.6. The largest absolute Gasteiger partial charge is 0.454 e. The van der Waals surface area contributed by atoms with Crippen LogP contribution in [0.4, 0.5) is 0 Å². The molecule has 1 aromatic carbocycles. The van der Waals surface area contributed by atoms with Gasteiger partial charge in [-0.15, -0.1) is 0 Å². The summed E-state index contributed by atoms with van der Waals surface area (Å²) in [6, 6.07) is 10.3. The molecule has 21 heavy (non-hydrogen) atoms. The second-order valence-electron chi connectivity index (χ2n) is 6.37. The zero-order chi connectivity index (χ0) is 14.5. The predicted molar refractivity (Wildman–Crippen MR) is 82.9 cm³/mol. The van der Waals surface area contributed by atoms with Gasteiger partial charge in [-0.1, -0.05) is 49.6 Å². The topological polar surface area (TPSA) is 38.3 Å². The molecule has 1 heterocycles. The molecule has 0 radical (unpaired) electrons. The summed E-state index contributed by atoms with van der Waals surface area (Å²) in [4.78, 5) is 12.6. The second-order valence-corrected chi connectivity index (χ2v) is 6.37. The van der Waals surface area contributed by atoms with Crippen molar-refractivity contribution in [2.24, 2.45) is 5.92 Å². The molecule has 0 spiro atoms. The van der Waals surface area contributed by atoms with Crippen molar-refractivity contribution in [3.63, 3.8) is 0 Å². The third-order valence-corrected chi connectivity index (χ3v) is 4.95. The van der Waals surface area contributed by atoms with Gasteiger partial charge < -0.3 is 10.1 Å². The molecule has 1 saturated carbocycles. The van der Waals surface area contributed by atoms with Crippen LogP contribution in [0.5, 0.6) is 0 Å². The fourth-order valence-electron chi connectivity index (χ4n) is 3.64. The van der Waals surface area contributed by atoms with Gasteiger partial charge in [0.05, 0.1) is 5.92 Å². The van der Waals surface area contributed by atoms with Crippen LogP contribution >= 0.6 is 0 Å². The summed E-state index contributed by atoms with van der Waals surface area (Å²) >= 11 is 0. The Labute approximate surface area is 127 Å². The zero-order valence-corrected chi connectivity index (χ0v) is 12.6. The molecular weight excluding hydrogens is 262 g/mol. The first-order valence-electron chi connectivity index (χ1n) is 8.29. The van der Waals surface area contributed by atoms with Gasteiger partial charge in [-0.05, 0) is 31.5 Å². The normalized spacial score (nSPS) is 22.7. The minimum Gasteiger partial charge on any atom is -0.454 e. The summed E-state index contributed by atoms with van der Waals surface area (Å²) in [5, 5.41) is 3.37. The van der Waals surface area contributed by atoms with E-state index >= 15 is 0 Å². The SMILES string of the molecule is O=C(OC1(c2ccccc2)CCNCC1)C1CCCCC1. The number of ether oxygens (including phenoxy) is 1. The molecule has 0 amide bonds. The molecule has 1 aromatic rings. The van der Waals surface area contributed by atoms with E-state index in [4.69, 9.17) is 4.74 Å². The number of rotatable bonds is 3. The van der Waals surface area contributed by atoms with Gasteiger partial charge in [0.15, 0.2) is 0 Å².